The van der Waals surface area contributed by atoms with E-state index in [0.717, 1.165) is 11.3 Å². The first-order chi connectivity index (χ1) is 8.67. The first-order valence-corrected chi connectivity index (χ1v) is 6.05. The number of rotatable bonds is 6. The van der Waals surface area contributed by atoms with Crippen LogP contribution in [0.25, 0.3) is 0 Å². The van der Waals surface area contributed by atoms with Gasteiger partial charge in [0.15, 0.2) is 0 Å². The summed E-state index contributed by atoms with van der Waals surface area (Å²) < 4.78 is 5.36. The Morgan fingerprint density at radius 3 is 2.67 bits per heavy atom. The highest BCUT2D eigenvalue weighted by Gasteiger charge is 2.08. The minimum Gasteiger partial charge on any atom is -0.494 e. The molecule has 4 nitrogen and oxygen atoms in total. The van der Waals surface area contributed by atoms with Crippen molar-refractivity contribution in [3.05, 3.63) is 42.5 Å². The molecule has 0 aliphatic rings. The summed E-state index contributed by atoms with van der Waals surface area (Å²) in [4.78, 5) is 11.5. The quantitative estimate of drug-likeness (QED) is 0.760. The SMILES string of the molecule is C=CCNC(=O)N[C@@H](C)c1ccc(OCC)cc1. The standard InChI is InChI=1S/C14H20N2O2/c1-4-10-15-14(17)16-11(3)12-6-8-13(9-7-12)18-5-2/h4,6-9,11H,1,5,10H2,2-3H3,(H2,15,16,17)/t11-/m0/s1. The van der Waals surface area contributed by atoms with Crippen molar-refractivity contribution in [3.63, 3.8) is 0 Å². The predicted octanol–water partition coefficient (Wildman–Crippen LogP) is 2.63. The Balaban J connectivity index is 2.52. The topological polar surface area (TPSA) is 50.4 Å². The number of ether oxygens (including phenoxy) is 1. The van der Waals surface area contributed by atoms with Crippen molar-refractivity contribution in [1.82, 2.24) is 10.6 Å². The van der Waals surface area contributed by atoms with Gasteiger partial charge in [0.25, 0.3) is 0 Å². The van der Waals surface area contributed by atoms with Gasteiger partial charge in [-0.3, -0.25) is 0 Å². The monoisotopic (exact) mass is 248 g/mol. The first kappa shape index (κ1) is 14.1. The van der Waals surface area contributed by atoms with E-state index in [9.17, 15) is 4.79 Å². The maximum absolute atomic E-state index is 11.5. The molecule has 1 atom stereocenters. The minimum absolute atomic E-state index is 0.0505. The molecular formula is C14H20N2O2. The molecule has 4 heteroatoms. The average Bonchev–Trinajstić information content (AvgIpc) is 2.37. The Morgan fingerprint density at radius 2 is 2.11 bits per heavy atom. The second kappa shape index (κ2) is 7.37. The summed E-state index contributed by atoms with van der Waals surface area (Å²) in [5.74, 6) is 0.838. The van der Waals surface area contributed by atoms with E-state index in [1.165, 1.54) is 0 Å². The number of urea groups is 1. The fraction of sp³-hybridized carbons (Fsp3) is 0.357. The van der Waals surface area contributed by atoms with E-state index in [0.29, 0.717) is 13.2 Å². The predicted molar refractivity (Wildman–Crippen MR) is 72.8 cm³/mol. The van der Waals surface area contributed by atoms with Crippen LogP contribution in [0.1, 0.15) is 25.5 Å². The molecule has 0 aliphatic heterocycles. The Morgan fingerprint density at radius 1 is 1.44 bits per heavy atom. The van der Waals surface area contributed by atoms with Crippen LogP contribution >= 0.6 is 0 Å². The van der Waals surface area contributed by atoms with Crippen molar-refractivity contribution in [2.24, 2.45) is 0 Å². The van der Waals surface area contributed by atoms with Gasteiger partial charge in [-0.2, -0.15) is 0 Å². The molecule has 0 aromatic heterocycles. The zero-order valence-electron chi connectivity index (χ0n) is 10.9. The van der Waals surface area contributed by atoms with Crippen LogP contribution in [0.2, 0.25) is 0 Å². The van der Waals surface area contributed by atoms with Crippen molar-refractivity contribution in [1.29, 1.82) is 0 Å². The fourth-order valence-corrected chi connectivity index (χ4v) is 1.52. The molecule has 98 valence electrons. The van der Waals surface area contributed by atoms with Crippen LogP contribution in [0.5, 0.6) is 5.75 Å². The van der Waals surface area contributed by atoms with Crippen LogP contribution in [0, 0.1) is 0 Å². The van der Waals surface area contributed by atoms with E-state index in [4.69, 9.17) is 4.74 Å². The van der Waals surface area contributed by atoms with Crippen LogP contribution in [0.4, 0.5) is 4.79 Å². The van der Waals surface area contributed by atoms with Crippen molar-refractivity contribution >= 4 is 6.03 Å². The van der Waals surface area contributed by atoms with Crippen LogP contribution in [0.15, 0.2) is 36.9 Å². The Bertz CT molecular complexity index is 387. The highest BCUT2D eigenvalue weighted by Crippen LogP contribution is 2.17. The molecule has 2 N–H and O–H groups in total. The first-order valence-electron chi connectivity index (χ1n) is 6.05. The maximum Gasteiger partial charge on any atom is 0.315 e. The molecule has 0 saturated carbocycles. The summed E-state index contributed by atoms with van der Waals surface area (Å²) in [7, 11) is 0. The zero-order chi connectivity index (χ0) is 13.4. The number of nitrogens with one attached hydrogen (secondary N) is 2. The lowest BCUT2D eigenvalue weighted by molar-refractivity contribution is 0.239. The van der Waals surface area contributed by atoms with Gasteiger partial charge in [-0.15, -0.1) is 6.58 Å². The van der Waals surface area contributed by atoms with Crippen LogP contribution < -0.4 is 15.4 Å². The van der Waals surface area contributed by atoms with Crippen molar-refractivity contribution in [2.75, 3.05) is 13.2 Å². The van der Waals surface area contributed by atoms with Gasteiger partial charge < -0.3 is 15.4 Å². The molecule has 0 radical (unpaired) electrons. The van der Waals surface area contributed by atoms with Crippen molar-refractivity contribution in [2.45, 2.75) is 19.9 Å². The third-order valence-corrected chi connectivity index (χ3v) is 2.45. The van der Waals surface area contributed by atoms with Gasteiger partial charge in [0, 0.05) is 6.54 Å². The fourth-order valence-electron chi connectivity index (χ4n) is 1.52. The van der Waals surface area contributed by atoms with E-state index in [2.05, 4.69) is 17.2 Å². The Labute approximate surface area is 108 Å². The maximum atomic E-state index is 11.5. The van der Waals surface area contributed by atoms with Gasteiger partial charge in [-0.1, -0.05) is 18.2 Å². The number of hydrogen-bond donors (Lipinski definition) is 2. The van der Waals surface area contributed by atoms with Crippen molar-refractivity contribution in [3.8, 4) is 5.75 Å². The van der Waals surface area contributed by atoms with Crippen LogP contribution in [0.3, 0.4) is 0 Å². The summed E-state index contributed by atoms with van der Waals surface area (Å²) >= 11 is 0. The highest BCUT2D eigenvalue weighted by molar-refractivity contribution is 5.74. The van der Waals surface area contributed by atoms with Gasteiger partial charge in [0.1, 0.15) is 5.75 Å². The second-order valence-corrected chi connectivity index (χ2v) is 3.87. The smallest absolute Gasteiger partial charge is 0.315 e. The molecule has 0 saturated heterocycles. The third-order valence-electron chi connectivity index (χ3n) is 2.45. The lowest BCUT2D eigenvalue weighted by Gasteiger charge is -2.15. The lowest BCUT2D eigenvalue weighted by atomic mass is 10.1. The molecule has 18 heavy (non-hydrogen) atoms. The summed E-state index contributed by atoms with van der Waals surface area (Å²) in [6.45, 7) is 8.53. The minimum atomic E-state index is -0.198. The number of carbonyl (C=O) groups is 1. The van der Waals surface area contributed by atoms with E-state index < -0.39 is 0 Å². The largest absolute Gasteiger partial charge is 0.494 e. The molecule has 1 aromatic rings. The van der Waals surface area contributed by atoms with Gasteiger partial charge in [0.2, 0.25) is 0 Å². The highest BCUT2D eigenvalue weighted by atomic mass is 16.5. The van der Waals surface area contributed by atoms with Gasteiger partial charge in [-0.25, -0.2) is 4.79 Å². The number of amides is 2. The molecule has 2 amide bonds. The molecule has 0 fully saturated rings. The summed E-state index contributed by atoms with van der Waals surface area (Å²) in [6.07, 6.45) is 1.64. The molecule has 0 spiro atoms. The molecular weight excluding hydrogens is 228 g/mol. The zero-order valence-corrected chi connectivity index (χ0v) is 10.9. The third kappa shape index (κ3) is 4.49. The second-order valence-electron chi connectivity index (χ2n) is 3.87. The van der Waals surface area contributed by atoms with E-state index >= 15 is 0 Å². The molecule has 0 unspecified atom stereocenters. The van der Waals surface area contributed by atoms with Gasteiger partial charge >= 0.3 is 6.03 Å². The number of carbonyl (C=O) groups excluding carboxylic acids is 1. The Hall–Kier alpha value is -1.97. The van der Waals surface area contributed by atoms with Crippen molar-refractivity contribution < 1.29 is 9.53 Å². The summed E-state index contributed by atoms with van der Waals surface area (Å²) in [5.41, 5.74) is 1.03. The van der Waals surface area contributed by atoms with E-state index in [1.807, 2.05) is 38.1 Å². The molecule has 0 heterocycles. The van der Waals surface area contributed by atoms with Gasteiger partial charge in [0.05, 0.1) is 12.6 Å². The van der Waals surface area contributed by atoms with Crippen LogP contribution in [-0.2, 0) is 0 Å². The Kier molecular flexibility index (Phi) is 5.77. The van der Waals surface area contributed by atoms with E-state index in [1.54, 1.807) is 6.08 Å². The average molecular weight is 248 g/mol. The van der Waals surface area contributed by atoms with E-state index in [-0.39, 0.29) is 12.1 Å². The summed E-state index contributed by atoms with van der Waals surface area (Å²) in [6, 6.07) is 7.45. The molecule has 1 rings (SSSR count). The normalized spacial score (nSPS) is 11.4. The number of hydrogen-bond acceptors (Lipinski definition) is 2. The summed E-state index contributed by atoms with van der Waals surface area (Å²) in [5, 5.41) is 5.52. The lowest BCUT2D eigenvalue weighted by Crippen LogP contribution is -2.36. The molecule has 0 bridgehead atoms. The molecule has 1 aromatic carbocycles. The van der Waals surface area contributed by atoms with Crippen LogP contribution in [-0.4, -0.2) is 19.2 Å². The van der Waals surface area contributed by atoms with Gasteiger partial charge in [-0.05, 0) is 31.5 Å². The number of benzene rings is 1. The molecule has 0 aliphatic carbocycles.